The molecule has 0 aromatic carbocycles. The first kappa shape index (κ1) is 44.2. The lowest BCUT2D eigenvalue weighted by atomic mass is 10.6. The first-order chi connectivity index (χ1) is 22.8. The van der Waals surface area contributed by atoms with Gasteiger partial charge >= 0.3 is 11.8 Å². The van der Waals surface area contributed by atoms with Gasteiger partial charge in [-0.25, -0.2) is 29.7 Å². The highest BCUT2D eigenvalue weighted by atomic mass is 35.5. The van der Waals surface area contributed by atoms with Gasteiger partial charge < -0.3 is 48.4 Å². The molecule has 0 fully saturated rings. The van der Waals surface area contributed by atoms with E-state index in [0.717, 1.165) is 28.9 Å². The Morgan fingerprint density at radius 3 is 1.38 bits per heavy atom. The molecule has 0 aliphatic rings. The molecule has 6 heterocycles. The lowest BCUT2D eigenvalue weighted by Crippen LogP contribution is -2.04. The van der Waals surface area contributed by atoms with Crippen molar-refractivity contribution in [3.8, 4) is 0 Å². The molecule has 6 aromatic rings. The molecule has 0 spiro atoms. The topological polar surface area (TPSA) is 213 Å². The van der Waals surface area contributed by atoms with Gasteiger partial charge in [0.25, 0.3) is 0 Å². The summed E-state index contributed by atoms with van der Waals surface area (Å²) in [7, 11) is 11.2. The Morgan fingerprint density at radius 2 is 1.22 bits per heavy atom. The number of aryl methyl sites for hydroxylation is 12. The number of carboxylic acid groups (broad SMARTS) is 1. The zero-order valence-corrected chi connectivity index (χ0v) is 31.5. The summed E-state index contributed by atoms with van der Waals surface area (Å²) in [6.45, 7) is 11.3. The maximum atomic E-state index is 10.4. The van der Waals surface area contributed by atoms with Crippen molar-refractivity contribution < 1.29 is 14.8 Å². The van der Waals surface area contributed by atoms with E-state index in [4.69, 9.17) is 10.8 Å². The number of nitro groups is 1. The van der Waals surface area contributed by atoms with E-state index in [1.165, 1.54) is 10.8 Å². The molecule has 50 heavy (non-hydrogen) atoms. The van der Waals surface area contributed by atoms with E-state index in [2.05, 4.69) is 29.9 Å². The van der Waals surface area contributed by atoms with Crippen molar-refractivity contribution in [3.05, 3.63) is 107 Å². The van der Waals surface area contributed by atoms with Crippen LogP contribution in [0.2, 0.25) is 0 Å². The molecule has 0 saturated carbocycles. The Hall–Kier alpha value is -5.78. The van der Waals surface area contributed by atoms with Gasteiger partial charge in [-0.05, 0) is 44.5 Å². The maximum Gasteiger partial charge on any atom is 0.381 e. The first-order valence-corrected chi connectivity index (χ1v) is 14.8. The molecule has 19 heteroatoms. The normalized spacial score (nSPS) is 9.44. The summed E-state index contributed by atoms with van der Waals surface area (Å²) >= 11 is 0. The van der Waals surface area contributed by atoms with Gasteiger partial charge in [-0.2, -0.15) is 0 Å². The molecule has 0 atom stereocenters. The molecule has 0 unspecified atom stereocenters. The van der Waals surface area contributed by atoms with E-state index in [0.29, 0.717) is 11.6 Å². The summed E-state index contributed by atoms with van der Waals surface area (Å²) in [5, 5.41) is 18.6. The predicted octanol–water partition coefficient (Wildman–Crippen LogP) is 3.98. The lowest BCUT2D eigenvalue weighted by Gasteiger charge is -1.90. The number of hydrogen-bond donors (Lipinski definition) is 2. The van der Waals surface area contributed by atoms with Crippen molar-refractivity contribution >= 4 is 30.0 Å². The minimum Gasteiger partial charge on any atom is -0.475 e. The molecule has 0 radical (unpaired) electrons. The fourth-order valence-electron chi connectivity index (χ4n) is 3.53. The number of hydrogen-bond acceptors (Lipinski definition) is 10. The Morgan fingerprint density at radius 1 is 0.700 bits per heavy atom. The molecular formula is C31H49ClN14O4. The number of imidazole rings is 6. The fourth-order valence-corrected chi connectivity index (χ4v) is 3.53. The van der Waals surface area contributed by atoms with Crippen molar-refractivity contribution in [2.75, 3.05) is 5.73 Å². The predicted molar refractivity (Wildman–Crippen MR) is 193 cm³/mol. The Kier molecular flexibility index (Phi) is 18.8. The quantitative estimate of drug-likeness (QED) is 0.193. The number of anilines is 1. The van der Waals surface area contributed by atoms with E-state index in [9.17, 15) is 14.9 Å². The number of carbonyl (C=O) groups is 1. The molecule has 0 bridgehead atoms. The highest BCUT2D eigenvalue weighted by Gasteiger charge is 2.11. The number of nitrogen functional groups attached to an aromatic ring is 1. The van der Waals surface area contributed by atoms with Crippen LogP contribution in [0.1, 0.15) is 45.3 Å². The van der Waals surface area contributed by atoms with Gasteiger partial charge in [0.2, 0.25) is 11.6 Å². The summed E-state index contributed by atoms with van der Waals surface area (Å²) < 4.78 is 10.8. The van der Waals surface area contributed by atoms with Crippen LogP contribution in [0.15, 0.2) is 55.9 Å². The molecule has 6 rings (SSSR count). The minimum atomic E-state index is -0.990. The molecule has 274 valence electrons. The monoisotopic (exact) mass is 716 g/mol. The Balaban J connectivity index is 0.000000578. The summed E-state index contributed by atoms with van der Waals surface area (Å²) in [6, 6.07) is 0. The molecule has 18 nitrogen and oxygen atoms in total. The van der Waals surface area contributed by atoms with E-state index in [1.807, 2.05) is 92.7 Å². The van der Waals surface area contributed by atoms with Crippen molar-refractivity contribution in [2.45, 2.75) is 41.5 Å². The van der Waals surface area contributed by atoms with Gasteiger partial charge in [0, 0.05) is 92.6 Å². The van der Waals surface area contributed by atoms with Crippen LogP contribution in [-0.2, 0) is 42.3 Å². The third-order valence-corrected chi connectivity index (χ3v) is 6.53. The van der Waals surface area contributed by atoms with E-state index < -0.39 is 10.9 Å². The van der Waals surface area contributed by atoms with Crippen molar-refractivity contribution in [2.24, 2.45) is 42.3 Å². The second-order valence-corrected chi connectivity index (χ2v) is 10.8. The van der Waals surface area contributed by atoms with Gasteiger partial charge in [-0.15, -0.1) is 12.4 Å². The number of halogens is 1. The van der Waals surface area contributed by atoms with Gasteiger partial charge in [0.15, 0.2) is 0 Å². The van der Waals surface area contributed by atoms with Crippen molar-refractivity contribution in [1.29, 1.82) is 0 Å². The second-order valence-electron chi connectivity index (χ2n) is 10.8. The molecule has 3 N–H and O–H groups in total. The molecule has 0 aliphatic carbocycles. The van der Waals surface area contributed by atoms with Crippen LogP contribution in [0.25, 0.3) is 0 Å². The largest absolute Gasteiger partial charge is 0.475 e. The van der Waals surface area contributed by atoms with Gasteiger partial charge in [-0.3, -0.25) is 0 Å². The molecule has 6 aromatic heterocycles. The number of nitrogens with zero attached hydrogens (tertiary/aromatic N) is 13. The van der Waals surface area contributed by atoms with Gasteiger partial charge in [-0.1, -0.05) is 0 Å². The fraction of sp³-hybridized carbons (Fsp3) is 0.387. The first-order valence-electron chi connectivity index (χ1n) is 14.8. The molecule has 0 saturated heterocycles. The summed E-state index contributed by atoms with van der Waals surface area (Å²) in [4.78, 5) is 43.3. The third-order valence-electron chi connectivity index (χ3n) is 6.53. The third kappa shape index (κ3) is 15.9. The smallest absolute Gasteiger partial charge is 0.381 e. The standard InChI is InChI=1S/C6H8N2O2.C6H10N2.C5H7N3O2.C5H9N3.C5H8N2.C4H6N2.ClH/c1-4-3-8(2)5(7-4)6(9)10;1-5-4-8(3)6(2)7-5;1-4-6-5(8(9)10)3-7(4)2;1-4-7-5(6)3-8(4)2;1-5-6-3-4-7(5)2;1-6-3-2-5-4-6;/h3H,1-2H3,(H,9,10);4H,1-3H3;3H,1-2H3;3H,6H2,1-2H3;3-4H,1-2H3;2-4H,1H3;1H. The number of aromatic nitrogens is 12. The SMILES string of the molecule is Cc1cn(C)c(C(=O)O)n1.Cc1cn(C)c(C)n1.Cc1nc(N)cn1C.Cc1nc([N+](=O)[O-])cn1C.Cc1nccn1C.Cl.Cn1ccnc1. The minimum absolute atomic E-state index is 0. The second kappa shape index (κ2) is 21.2. The van der Waals surface area contributed by atoms with E-state index in [1.54, 1.807) is 63.6 Å². The Labute approximate surface area is 297 Å². The van der Waals surface area contributed by atoms with Gasteiger partial charge in [0.05, 0.1) is 17.7 Å². The molecule has 0 aliphatic heterocycles. The average molecular weight is 717 g/mol. The lowest BCUT2D eigenvalue weighted by molar-refractivity contribution is -0.389. The van der Waals surface area contributed by atoms with Gasteiger partial charge in [0.1, 0.15) is 29.5 Å². The summed E-state index contributed by atoms with van der Waals surface area (Å²) in [5.41, 5.74) is 7.16. The van der Waals surface area contributed by atoms with E-state index in [-0.39, 0.29) is 24.0 Å². The highest BCUT2D eigenvalue weighted by molar-refractivity contribution is 5.85. The van der Waals surface area contributed by atoms with Crippen LogP contribution < -0.4 is 5.73 Å². The maximum absolute atomic E-state index is 10.4. The number of nitrogens with two attached hydrogens (primary N) is 1. The Bertz CT molecular complexity index is 1760. The highest BCUT2D eigenvalue weighted by Crippen LogP contribution is 2.07. The van der Waals surface area contributed by atoms with Crippen LogP contribution in [0.4, 0.5) is 11.6 Å². The van der Waals surface area contributed by atoms with E-state index >= 15 is 0 Å². The van der Waals surface area contributed by atoms with Crippen LogP contribution >= 0.6 is 12.4 Å². The van der Waals surface area contributed by atoms with Crippen LogP contribution in [0, 0.1) is 51.7 Å². The number of aromatic carboxylic acids is 1. The zero-order chi connectivity index (χ0) is 37.4. The zero-order valence-electron chi connectivity index (χ0n) is 30.7. The van der Waals surface area contributed by atoms with Crippen LogP contribution in [0.5, 0.6) is 0 Å². The van der Waals surface area contributed by atoms with Crippen LogP contribution in [-0.4, -0.2) is 73.3 Å². The number of rotatable bonds is 2. The number of carboxylic acids is 1. The van der Waals surface area contributed by atoms with Crippen LogP contribution in [0.3, 0.4) is 0 Å². The molecule has 0 amide bonds. The van der Waals surface area contributed by atoms with Crippen molar-refractivity contribution in [1.82, 2.24) is 57.3 Å². The average Bonchev–Trinajstić information content (AvgIpc) is 3.86. The molecular weight excluding hydrogens is 668 g/mol. The summed E-state index contributed by atoms with van der Waals surface area (Å²) in [6.07, 6.45) is 16.0. The van der Waals surface area contributed by atoms with Crippen molar-refractivity contribution in [3.63, 3.8) is 0 Å². The summed E-state index contributed by atoms with van der Waals surface area (Å²) in [5.74, 6) is 3.30.